The zero-order valence-electron chi connectivity index (χ0n) is 21.4. The third kappa shape index (κ3) is 10.0. The van der Waals surface area contributed by atoms with E-state index >= 15 is 0 Å². The molecule has 0 amide bonds. The van der Waals surface area contributed by atoms with Crippen molar-refractivity contribution in [2.45, 2.75) is 58.3 Å². The smallest absolute Gasteiger partial charge is 0.416 e. The van der Waals surface area contributed by atoms with Gasteiger partial charge in [-0.05, 0) is 65.9 Å². The van der Waals surface area contributed by atoms with Crippen molar-refractivity contribution in [1.29, 1.82) is 0 Å². The quantitative estimate of drug-likeness (QED) is 0.154. The Balaban J connectivity index is 1.60. The summed E-state index contributed by atoms with van der Waals surface area (Å²) in [7, 11) is 0. The Kier molecular flexibility index (Phi) is 11.0. The molecule has 0 aromatic heterocycles. The van der Waals surface area contributed by atoms with Crippen LogP contribution in [0.15, 0.2) is 72.8 Å². The summed E-state index contributed by atoms with van der Waals surface area (Å²) in [5, 5.41) is 10.4. The van der Waals surface area contributed by atoms with E-state index in [1.165, 1.54) is 48.4 Å². The van der Waals surface area contributed by atoms with Crippen molar-refractivity contribution < 1.29 is 27.9 Å². The lowest BCUT2D eigenvalue weighted by molar-refractivity contribution is -0.190. The summed E-state index contributed by atoms with van der Waals surface area (Å²) in [4.78, 5) is 16.4. The highest BCUT2D eigenvalue weighted by Crippen LogP contribution is 2.29. The molecule has 200 valence electrons. The Hall–Kier alpha value is -3.60. The van der Waals surface area contributed by atoms with Gasteiger partial charge in [0.1, 0.15) is 0 Å². The second-order valence-electron chi connectivity index (χ2n) is 9.11. The van der Waals surface area contributed by atoms with Gasteiger partial charge in [-0.1, -0.05) is 74.4 Å². The van der Waals surface area contributed by atoms with Crippen LogP contribution in [-0.2, 0) is 35.3 Å². The van der Waals surface area contributed by atoms with Gasteiger partial charge in [-0.15, -0.1) is 0 Å². The van der Waals surface area contributed by atoms with Crippen LogP contribution < -0.4 is 0 Å². The maximum absolute atomic E-state index is 12.8. The van der Waals surface area contributed by atoms with Gasteiger partial charge in [-0.25, -0.2) is 4.79 Å². The van der Waals surface area contributed by atoms with Crippen molar-refractivity contribution in [3.8, 4) is 11.8 Å². The van der Waals surface area contributed by atoms with E-state index in [-0.39, 0.29) is 13.1 Å². The van der Waals surface area contributed by atoms with E-state index in [0.29, 0.717) is 5.56 Å². The lowest BCUT2D eigenvalue weighted by atomic mass is 10.0. The highest BCUT2D eigenvalue weighted by atomic mass is 19.4. The van der Waals surface area contributed by atoms with Crippen LogP contribution in [0.2, 0.25) is 0 Å². The molecule has 3 rings (SSSR count). The number of hydrogen-bond acceptors (Lipinski definition) is 3. The number of aliphatic carboxylic acids is 1. The Labute approximate surface area is 222 Å². The number of nitrogens with zero attached hydrogens (tertiary/aromatic N) is 1. The molecular weight excluding hydrogens is 491 g/mol. The van der Waals surface area contributed by atoms with Crippen molar-refractivity contribution in [2.24, 2.45) is 0 Å². The van der Waals surface area contributed by atoms with Crippen molar-refractivity contribution in [2.75, 3.05) is 6.61 Å². The van der Waals surface area contributed by atoms with Crippen LogP contribution in [0.4, 0.5) is 13.2 Å². The number of aryl methyl sites for hydroxylation is 1. The lowest BCUT2D eigenvalue weighted by Gasteiger charge is -2.21. The summed E-state index contributed by atoms with van der Waals surface area (Å²) in [6.45, 7) is 2.03. The highest BCUT2D eigenvalue weighted by molar-refractivity contribution is 5.67. The molecule has 0 spiro atoms. The first-order valence-corrected chi connectivity index (χ1v) is 12.7. The van der Waals surface area contributed by atoms with Crippen molar-refractivity contribution >= 4 is 5.97 Å². The first kappa shape index (κ1) is 29.0. The SMILES string of the molecule is CCCCCCc1ccc(C#Cc2ccc(CN(Cc3ccc(C(F)(F)F)cc3)OCC(=O)O)cc2)cc1. The van der Waals surface area contributed by atoms with Gasteiger partial charge >= 0.3 is 12.1 Å². The van der Waals surface area contributed by atoms with Crippen LogP contribution >= 0.6 is 0 Å². The maximum atomic E-state index is 12.8. The third-order valence-corrected chi connectivity index (χ3v) is 5.95. The second kappa shape index (κ2) is 14.4. The van der Waals surface area contributed by atoms with Crippen LogP contribution in [0.25, 0.3) is 0 Å². The van der Waals surface area contributed by atoms with E-state index in [9.17, 15) is 18.0 Å². The molecule has 0 aliphatic rings. The predicted molar refractivity (Wildman–Crippen MR) is 141 cm³/mol. The Morgan fingerprint density at radius 3 is 1.76 bits per heavy atom. The number of carboxylic acid groups (broad SMARTS) is 1. The fourth-order valence-corrected chi connectivity index (χ4v) is 3.85. The minimum atomic E-state index is -4.42. The summed E-state index contributed by atoms with van der Waals surface area (Å²) in [6.07, 6.45) is 1.63. The molecule has 0 saturated heterocycles. The Morgan fingerprint density at radius 2 is 1.29 bits per heavy atom. The van der Waals surface area contributed by atoms with Gasteiger partial charge < -0.3 is 5.11 Å². The largest absolute Gasteiger partial charge is 0.479 e. The molecule has 0 heterocycles. The number of hydrogen-bond donors (Lipinski definition) is 1. The minimum Gasteiger partial charge on any atom is -0.479 e. The normalized spacial score (nSPS) is 11.3. The van der Waals surface area contributed by atoms with E-state index in [0.717, 1.165) is 35.2 Å². The van der Waals surface area contributed by atoms with E-state index in [2.05, 4.69) is 30.9 Å². The molecule has 3 aromatic carbocycles. The van der Waals surface area contributed by atoms with Gasteiger partial charge in [-0.3, -0.25) is 4.84 Å². The number of carboxylic acids is 1. The molecule has 0 atom stereocenters. The van der Waals surface area contributed by atoms with Crippen molar-refractivity contribution in [3.63, 3.8) is 0 Å². The maximum Gasteiger partial charge on any atom is 0.416 e. The number of rotatable bonds is 12. The van der Waals surface area contributed by atoms with Gasteiger partial charge in [0.05, 0.1) is 5.56 Å². The summed E-state index contributed by atoms with van der Waals surface area (Å²) in [5.74, 6) is 5.19. The number of unbranched alkanes of at least 4 members (excludes halogenated alkanes) is 3. The number of hydroxylamine groups is 2. The molecule has 0 bridgehead atoms. The summed E-state index contributed by atoms with van der Waals surface area (Å²) in [6, 6.07) is 20.5. The predicted octanol–water partition coefficient (Wildman–Crippen LogP) is 7.25. The van der Waals surface area contributed by atoms with Crippen molar-refractivity contribution in [3.05, 3.63) is 106 Å². The monoisotopic (exact) mass is 523 g/mol. The Morgan fingerprint density at radius 1 is 0.789 bits per heavy atom. The molecule has 0 aliphatic carbocycles. The van der Waals surface area contributed by atoms with Crippen LogP contribution in [0, 0.1) is 11.8 Å². The number of alkyl halides is 3. The average Bonchev–Trinajstić information content (AvgIpc) is 2.90. The molecule has 38 heavy (non-hydrogen) atoms. The van der Waals surface area contributed by atoms with Crippen LogP contribution in [-0.4, -0.2) is 22.7 Å². The van der Waals surface area contributed by atoms with Crippen molar-refractivity contribution in [1.82, 2.24) is 5.06 Å². The van der Waals surface area contributed by atoms with Crippen LogP contribution in [0.1, 0.15) is 66.0 Å². The molecule has 0 aliphatic heterocycles. The first-order chi connectivity index (χ1) is 18.2. The molecule has 4 nitrogen and oxygen atoms in total. The zero-order valence-corrected chi connectivity index (χ0v) is 21.4. The van der Waals surface area contributed by atoms with E-state index in [1.54, 1.807) is 0 Å². The van der Waals surface area contributed by atoms with Gasteiger partial charge in [-0.2, -0.15) is 18.2 Å². The first-order valence-electron chi connectivity index (χ1n) is 12.7. The van der Waals surface area contributed by atoms with E-state index in [1.807, 2.05) is 36.4 Å². The third-order valence-electron chi connectivity index (χ3n) is 5.95. The topological polar surface area (TPSA) is 49.8 Å². The zero-order chi connectivity index (χ0) is 27.4. The molecule has 7 heteroatoms. The minimum absolute atomic E-state index is 0.127. The van der Waals surface area contributed by atoms with E-state index < -0.39 is 24.3 Å². The van der Waals surface area contributed by atoms with Gasteiger partial charge in [0.25, 0.3) is 0 Å². The number of benzene rings is 3. The fourth-order valence-electron chi connectivity index (χ4n) is 3.85. The molecule has 1 N–H and O–H groups in total. The summed E-state index contributed by atoms with van der Waals surface area (Å²) in [5.41, 5.74) is 3.77. The average molecular weight is 524 g/mol. The van der Waals surface area contributed by atoms with Gasteiger partial charge in [0.15, 0.2) is 6.61 Å². The standard InChI is InChI=1S/C31H32F3NO3/c1-2-3-4-5-6-24-7-9-25(10-8-24)11-12-26-13-15-27(16-14-26)21-35(38-23-30(36)37)22-28-17-19-29(20-18-28)31(32,33)34/h7-10,13-20H,2-6,21-23H2,1H3,(H,36,37). The highest BCUT2D eigenvalue weighted by Gasteiger charge is 2.30. The molecule has 0 unspecified atom stereocenters. The molecule has 0 radical (unpaired) electrons. The molecule has 3 aromatic rings. The fraction of sp³-hybridized carbons (Fsp3) is 0.323. The van der Waals surface area contributed by atoms with Crippen LogP contribution in [0.3, 0.4) is 0 Å². The molecular formula is C31H32F3NO3. The molecule has 0 saturated carbocycles. The number of halogens is 3. The molecule has 0 fully saturated rings. The van der Waals surface area contributed by atoms with Crippen LogP contribution in [0.5, 0.6) is 0 Å². The summed E-state index contributed by atoms with van der Waals surface area (Å²) >= 11 is 0. The van der Waals surface area contributed by atoms with Gasteiger partial charge in [0, 0.05) is 24.2 Å². The van der Waals surface area contributed by atoms with E-state index in [4.69, 9.17) is 9.94 Å². The summed E-state index contributed by atoms with van der Waals surface area (Å²) < 4.78 is 38.5. The Bertz CT molecular complexity index is 1210. The van der Waals surface area contributed by atoms with Gasteiger partial charge in [0.2, 0.25) is 0 Å². The lowest BCUT2D eigenvalue weighted by Crippen LogP contribution is -2.26. The number of carbonyl (C=O) groups is 1. The second-order valence-corrected chi connectivity index (χ2v) is 9.11.